The summed E-state index contributed by atoms with van der Waals surface area (Å²) in [6.07, 6.45) is 7.22. The maximum atomic E-state index is 12.7. The van der Waals surface area contributed by atoms with E-state index in [-0.39, 0.29) is 24.3 Å². The molecule has 2 aliphatic rings. The number of rotatable bonds is 5. The Kier molecular flexibility index (Phi) is 6.22. The van der Waals surface area contributed by atoms with Crippen molar-refractivity contribution in [2.45, 2.75) is 90.5 Å². The molecule has 0 radical (unpaired) electrons. The summed E-state index contributed by atoms with van der Waals surface area (Å²) in [6, 6.07) is 4.00. The van der Waals surface area contributed by atoms with Gasteiger partial charge in [0.05, 0.1) is 11.3 Å². The highest BCUT2D eigenvalue weighted by atomic mass is 16.6. The van der Waals surface area contributed by atoms with E-state index in [2.05, 4.69) is 15.0 Å². The van der Waals surface area contributed by atoms with Crippen LogP contribution in [0.25, 0.3) is 0 Å². The van der Waals surface area contributed by atoms with E-state index in [0.717, 1.165) is 43.4 Å². The third-order valence-electron chi connectivity index (χ3n) is 5.95. The normalized spacial score (nSPS) is 22.5. The summed E-state index contributed by atoms with van der Waals surface area (Å²) in [5.41, 5.74) is 1.13. The molecule has 32 heavy (non-hydrogen) atoms. The SMILES string of the molecule is CCc1ncccc1Oc1ncnc(OC2CC3CCC(C2)N3C(=O)OC(C)(C)C)c1C. The molecule has 4 heterocycles. The third-order valence-corrected chi connectivity index (χ3v) is 5.95. The standard InChI is InChI=1S/C24H32N4O4/c1-6-19-20(8-7-11-25-19)31-22-15(2)21(26-14-27-22)30-18-12-16-9-10-17(13-18)28(16)23(29)32-24(3,4)5/h7-8,11,14,16-18H,6,9-10,12-13H2,1-5H3. The lowest BCUT2D eigenvalue weighted by atomic mass is 10.00. The van der Waals surface area contributed by atoms with Gasteiger partial charge in [0.25, 0.3) is 0 Å². The highest BCUT2D eigenvalue weighted by Gasteiger charge is 2.45. The Labute approximate surface area is 189 Å². The van der Waals surface area contributed by atoms with Crippen LogP contribution in [0.15, 0.2) is 24.7 Å². The largest absolute Gasteiger partial charge is 0.474 e. The Morgan fingerprint density at radius 3 is 2.47 bits per heavy atom. The molecule has 0 aliphatic carbocycles. The van der Waals surface area contributed by atoms with Gasteiger partial charge in [0.2, 0.25) is 11.8 Å². The second kappa shape index (κ2) is 8.92. The zero-order chi connectivity index (χ0) is 22.9. The summed E-state index contributed by atoms with van der Waals surface area (Å²) in [7, 11) is 0. The lowest BCUT2D eigenvalue weighted by Crippen LogP contribution is -2.50. The first kappa shape index (κ1) is 22.3. The number of piperidine rings is 1. The van der Waals surface area contributed by atoms with Crippen molar-refractivity contribution in [1.29, 1.82) is 0 Å². The number of aryl methyl sites for hydroxylation is 1. The third kappa shape index (κ3) is 4.79. The van der Waals surface area contributed by atoms with Gasteiger partial charge in [-0.3, -0.25) is 4.98 Å². The zero-order valence-corrected chi connectivity index (χ0v) is 19.5. The first-order chi connectivity index (χ1) is 15.2. The van der Waals surface area contributed by atoms with E-state index in [1.807, 2.05) is 51.7 Å². The highest BCUT2D eigenvalue weighted by molar-refractivity contribution is 5.69. The van der Waals surface area contributed by atoms with Gasteiger partial charge in [0.15, 0.2) is 5.75 Å². The van der Waals surface area contributed by atoms with Gasteiger partial charge in [-0.15, -0.1) is 0 Å². The minimum Gasteiger partial charge on any atom is -0.474 e. The number of nitrogens with zero attached hydrogens (tertiary/aromatic N) is 4. The van der Waals surface area contributed by atoms with E-state index in [1.165, 1.54) is 6.33 Å². The van der Waals surface area contributed by atoms with E-state index in [4.69, 9.17) is 14.2 Å². The summed E-state index contributed by atoms with van der Waals surface area (Å²) >= 11 is 0. The zero-order valence-electron chi connectivity index (χ0n) is 19.5. The van der Waals surface area contributed by atoms with E-state index >= 15 is 0 Å². The van der Waals surface area contributed by atoms with Crippen molar-refractivity contribution in [1.82, 2.24) is 19.9 Å². The summed E-state index contributed by atoms with van der Waals surface area (Å²) in [5, 5.41) is 0. The molecule has 2 aliphatic heterocycles. The minimum atomic E-state index is -0.496. The lowest BCUT2D eigenvalue weighted by Gasteiger charge is -2.39. The van der Waals surface area contributed by atoms with Gasteiger partial charge in [-0.25, -0.2) is 14.8 Å². The van der Waals surface area contributed by atoms with Crippen LogP contribution >= 0.6 is 0 Å². The molecule has 1 amide bonds. The van der Waals surface area contributed by atoms with Crippen molar-refractivity contribution >= 4 is 6.09 Å². The molecule has 2 unspecified atom stereocenters. The minimum absolute atomic E-state index is 0.0165. The monoisotopic (exact) mass is 440 g/mol. The van der Waals surface area contributed by atoms with E-state index in [9.17, 15) is 4.79 Å². The first-order valence-electron chi connectivity index (χ1n) is 11.4. The molecule has 0 spiro atoms. The predicted octanol–water partition coefficient (Wildman–Crippen LogP) is 4.84. The van der Waals surface area contributed by atoms with Crippen molar-refractivity contribution in [3.05, 3.63) is 35.9 Å². The van der Waals surface area contributed by atoms with Crippen LogP contribution in [-0.2, 0) is 11.2 Å². The van der Waals surface area contributed by atoms with Crippen LogP contribution < -0.4 is 9.47 Å². The molecule has 2 fully saturated rings. The Hall–Kier alpha value is -2.90. The summed E-state index contributed by atoms with van der Waals surface area (Å²) in [6.45, 7) is 9.63. The van der Waals surface area contributed by atoms with E-state index < -0.39 is 5.60 Å². The summed E-state index contributed by atoms with van der Waals surface area (Å²) < 4.78 is 18.0. The highest BCUT2D eigenvalue weighted by Crippen LogP contribution is 2.39. The van der Waals surface area contributed by atoms with Crippen LogP contribution in [0.5, 0.6) is 17.5 Å². The second-order valence-corrected chi connectivity index (χ2v) is 9.50. The molecular formula is C24H32N4O4. The maximum Gasteiger partial charge on any atom is 0.410 e. The number of aromatic nitrogens is 3. The number of pyridine rings is 1. The number of fused-ring (bicyclic) bond motifs is 2. The molecule has 0 aromatic carbocycles. The topological polar surface area (TPSA) is 86.7 Å². The smallest absolute Gasteiger partial charge is 0.410 e. The van der Waals surface area contributed by atoms with Gasteiger partial charge in [0.1, 0.15) is 18.0 Å². The van der Waals surface area contributed by atoms with Crippen molar-refractivity contribution in [2.24, 2.45) is 0 Å². The molecule has 8 heteroatoms. The van der Waals surface area contributed by atoms with Gasteiger partial charge in [-0.2, -0.15) is 0 Å². The van der Waals surface area contributed by atoms with Crippen LogP contribution in [0, 0.1) is 6.92 Å². The fraction of sp³-hybridized carbons (Fsp3) is 0.583. The molecule has 2 aromatic rings. The average molecular weight is 441 g/mol. The fourth-order valence-corrected chi connectivity index (χ4v) is 4.52. The molecule has 172 valence electrons. The fourth-order valence-electron chi connectivity index (χ4n) is 4.52. The molecule has 2 saturated heterocycles. The van der Waals surface area contributed by atoms with Crippen LogP contribution in [0.3, 0.4) is 0 Å². The van der Waals surface area contributed by atoms with Crippen LogP contribution in [0.2, 0.25) is 0 Å². The quantitative estimate of drug-likeness (QED) is 0.657. The van der Waals surface area contributed by atoms with Gasteiger partial charge in [0, 0.05) is 31.1 Å². The number of carbonyl (C=O) groups excluding carboxylic acids is 1. The molecule has 0 N–H and O–H groups in total. The van der Waals surface area contributed by atoms with E-state index in [0.29, 0.717) is 17.5 Å². The molecule has 4 rings (SSSR count). The molecule has 0 saturated carbocycles. The van der Waals surface area contributed by atoms with Crippen LogP contribution in [-0.4, -0.2) is 49.7 Å². The van der Waals surface area contributed by atoms with Crippen molar-refractivity contribution in [3.8, 4) is 17.5 Å². The molecular weight excluding hydrogens is 408 g/mol. The second-order valence-electron chi connectivity index (χ2n) is 9.50. The molecule has 2 aromatic heterocycles. The predicted molar refractivity (Wildman–Crippen MR) is 119 cm³/mol. The van der Waals surface area contributed by atoms with Crippen LogP contribution in [0.4, 0.5) is 4.79 Å². The lowest BCUT2D eigenvalue weighted by molar-refractivity contribution is -0.00772. The number of carbonyl (C=O) groups is 1. The number of amides is 1. The van der Waals surface area contributed by atoms with Crippen LogP contribution in [0.1, 0.15) is 64.6 Å². The Bertz CT molecular complexity index is 961. The summed E-state index contributed by atoms with van der Waals surface area (Å²) in [4.78, 5) is 27.6. The number of hydrogen-bond donors (Lipinski definition) is 0. The van der Waals surface area contributed by atoms with Gasteiger partial charge >= 0.3 is 6.09 Å². The molecule has 8 nitrogen and oxygen atoms in total. The van der Waals surface area contributed by atoms with Gasteiger partial charge in [-0.1, -0.05) is 6.92 Å². The van der Waals surface area contributed by atoms with Crippen molar-refractivity contribution < 1.29 is 19.0 Å². The van der Waals surface area contributed by atoms with Crippen molar-refractivity contribution in [3.63, 3.8) is 0 Å². The Morgan fingerprint density at radius 1 is 1.12 bits per heavy atom. The Balaban J connectivity index is 1.45. The molecule has 2 bridgehead atoms. The number of ether oxygens (including phenoxy) is 3. The van der Waals surface area contributed by atoms with E-state index in [1.54, 1.807) is 6.20 Å². The van der Waals surface area contributed by atoms with Gasteiger partial charge < -0.3 is 19.1 Å². The molecule has 2 atom stereocenters. The maximum absolute atomic E-state index is 12.7. The Morgan fingerprint density at radius 2 is 1.81 bits per heavy atom. The average Bonchev–Trinajstić information content (AvgIpc) is 3.01. The summed E-state index contributed by atoms with van der Waals surface area (Å²) in [5.74, 6) is 1.67. The van der Waals surface area contributed by atoms with Gasteiger partial charge in [-0.05, 0) is 59.1 Å². The van der Waals surface area contributed by atoms with Crippen molar-refractivity contribution in [2.75, 3.05) is 0 Å². The number of hydrogen-bond acceptors (Lipinski definition) is 7. The first-order valence-corrected chi connectivity index (χ1v) is 11.4.